The fourth-order valence-electron chi connectivity index (χ4n) is 2.15. The fraction of sp³-hybridized carbons (Fsp3) is 0.632. The minimum Gasteiger partial charge on any atom is -0.492 e. The molecule has 0 fully saturated rings. The number of hydrogen-bond donors (Lipinski definition) is 1. The first-order valence-electron chi connectivity index (χ1n) is 9.11. The number of guanidine groups is 1. The van der Waals surface area contributed by atoms with E-state index in [1.165, 1.54) is 0 Å². The van der Waals surface area contributed by atoms with E-state index in [9.17, 15) is 0 Å². The van der Waals surface area contributed by atoms with Crippen LogP contribution in [0, 0.1) is 0 Å². The Balaban J connectivity index is 0.00000676. The molecule has 1 aromatic rings. The molecule has 0 bridgehead atoms. The van der Waals surface area contributed by atoms with Gasteiger partial charge >= 0.3 is 0 Å². The molecule has 0 spiro atoms. The molecular weight excluding hydrogens is 481 g/mol. The predicted molar refractivity (Wildman–Crippen MR) is 123 cm³/mol. The van der Waals surface area contributed by atoms with Crippen molar-refractivity contribution in [3.8, 4) is 5.75 Å². The molecule has 1 aromatic carbocycles. The van der Waals surface area contributed by atoms with Gasteiger partial charge in [0.25, 0.3) is 0 Å². The van der Waals surface area contributed by atoms with Gasteiger partial charge in [0.1, 0.15) is 12.4 Å². The van der Waals surface area contributed by atoms with E-state index in [0.29, 0.717) is 24.8 Å². The lowest BCUT2D eigenvalue weighted by atomic mass is 10.3. The minimum absolute atomic E-state index is 0. The molecule has 0 aliphatic heterocycles. The van der Waals surface area contributed by atoms with Gasteiger partial charge in [0, 0.05) is 38.9 Å². The first-order valence-corrected chi connectivity index (χ1v) is 9.49. The third kappa shape index (κ3) is 13.1. The summed E-state index contributed by atoms with van der Waals surface area (Å²) in [7, 11) is 3.69. The number of halogens is 2. The van der Waals surface area contributed by atoms with Crippen LogP contribution in [0.3, 0.4) is 0 Å². The van der Waals surface area contributed by atoms with E-state index in [-0.39, 0.29) is 24.0 Å². The molecule has 8 heteroatoms. The van der Waals surface area contributed by atoms with Crippen molar-refractivity contribution in [1.29, 1.82) is 0 Å². The smallest absolute Gasteiger partial charge is 0.193 e. The maximum Gasteiger partial charge on any atom is 0.193 e. The zero-order chi connectivity index (χ0) is 19.0. The van der Waals surface area contributed by atoms with Gasteiger partial charge in [-0.15, -0.1) is 24.0 Å². The Kier molecular flexibility index (Phi) is 16.8. The van der Waals surface area contributed by atoms with Gasteiger partial charge in [0.2, 0.25) is 0 Å². The van der Waals surface area contributed by atoms with E-state index in [4.69, 9.17) is 25.8 Å². The Bertz CT molecular complexity index is 503. The summed E-state index contributed by atoms with van der Waals surface area (Å²) in [5.74, 6) is 1.71. The Morgan fingerprint density at radius 3 is 2.52 bits per heavy atom. The number of ether oxygens (including phenoxy) is 3. The molecule has 0 aliphatic carbocycles. The largest absolute Gasteiger partial charge is 0.492 e. The number of hydrogen-bond acceptors (Lipinski definition) is 4. The maximum atomic E-state index is 5.87. The third-order valence-electron chi connectivity index (χ3n) is 3.60. The van der Waals surface area contributed by atoms with Crippen LogP contribution in [-0.2, 0) is 9.47 Å². The normalized spacial score (nSPS) is 11.0. The van der Waals surface area contributed by atoms with Gasteiger partial charge in [-0.3, -0.25) is 4.99 Å². The molecule has 27 heavy (non-hydrogen) atoms. The molecule has 0 radical (unpaired) electrons. The number of likely N-dealkylation sites (N-methyl/N-ethyl adjacent to an activating group) is 1. The second kappa shape index (κ2) is 17.3. The number of nitrogens with one attached hydrogen (secondary N) is 1. The summed E-state index contributed by atoms with van der Waals surface area (Å²) in [6.07, 6.45) is 1.99. The molecule has 0 saturated carbocycles. The van der Waals surface area contributed by atoms with Gasteiger partial charge in [0.15, 0.2) is 5.96 Å². The summed E-state index contributed by atoms with van der Waals surface area (Å²) in [5.41, 5.74) is 0. The van der Waals surface area contributed by atoms with Gasteiger partial charge in [-0.05, 0) is 44.0 Å². The van der Waals surface area contributed by atoms with E-state index >= 15 is 0 Å². The van der Waals surface area contributed by atoms with Crippen molar-refractivity contribution in [3.05, 3.63) is 29.3 Å². The SMILES string of the molecule is CCNC(=NCCCCOCCOC)N(C)CCOc1ccc(Cl)cc1.I. The van der Waals surface area contributed by atoms with Gasteiger partial charge in [-0.25, -0.2) is 0 Å². The summed E-state index contributed by atoms with van der Waals surface area (Å²) in [6.45, 7) is 7.05. The van der Waals surface area contributed by atoms with Crippen LogP contribution >= 0.6 is 35.6 Å². The predicted octanol–water partition coefficient (Wildman–Crippen LogP) is 3.68. The molecule has 1 rings (SSSR count). The summed E-state index contributed by atoms with van der Waals surface area (Å²) in [4.78, 5) is 6.74. The number of benzene rings is 1. The number of aliphatic imine (C=N–C) groups is 1. The highest BCUT2D eigenvalue weighted by molar-refractivity contribution is 14.0. The molecule has 0 aromatic heterocycles. The van der Waals surface area contributed by atoms with Crippen LogP contribution in [0.1, 0.15) is 19.8 Å². The van der Waals surface area contributed by atoms with E-state index in [1.54, 1.807) is 7.11 Å². The van der Waals surface area contributed by atoms with Gasteiger partial charge in [-0.2, -0.15) is 0 Å². The molecule has 156 valence electrons. The Morgan fingerprint density at radius 1 is 1.11 bits per heavy atom. The second-order valence-corrected chi connectivity index (χ2v) is 6.21. The standard InChI is InChI=1S/C19H32ClN3O3.HI/c1-4-21-19(22-11-5-6-13-25-16-15-24-3)23(2)12-14-26-18-9-7-17(20)8-10-18;/h7-10H,4-6,11-16H2,1-3H3,(H,21,22);1H. The van der Waals surface area contributed by atoms with Crippen molar-refractivity contribution in [2.45, 2.75) is 19.8 Å². The van der Waals surface area contributed by atoms with Crippen molar-refractivity contribution in [2.75, 3.05) is 60.2 Å². The van der Waals surface area contributed by atoms with E-state index in [2.05, 4.69) is 22.1 Å². The van der Waals surface area contributed by atoms with Crippen molar-refractivity contribution in [3.63, 3.8) is 0 Å². The Hall–Kier alpha value is -0.770. The van der Waals surface area contributed by atoms with Crippen LogP contribution in [0.2, 0.25) is 5.02 Å². The van der Waals surface area contributed by atoms with Gasteiger partial charge < -0.3 is 24.4 Å². The third-order valence-corrected chi connectivity index (χ3v) is 3.85. The molecule has 0 unspecified atom stereocenters. The molecular formula is C19H33ClIN3O3. The molecule has 0 aliphatic rings. The van der Waals surface area contributed by atoms with Crippen molar-refractivity contribution in [2.24, 2.45) is 4.99 Å². The van der Waals surface area contributed by atoms with Crippen LogP contribution in [-0.4, -0.2) is 71.1 Å². The number of methoxy groups -OCH3 is 1. The maximum absolute atomic E-state index is 5.87. The summed E-state index contributed by atoms with van der Waals surface area (Å²) in [6, 6.07) is 7.39. The monoisotopic (exact) mass is 513 g/mol. The van der Waals surface area contributed by atoms with Gasteiger partial charge in [0.05, 0.1) is 19.8 Å². The lowest BCUT2D eigenvalue weighted by molar-refractivity contribution is 0.0690. The molecule has 1 N–H and O–H groups in total. The lowest BCUT2D eigenvalue weighted by Crippen LogP contribution is -2.41. The van der Waals surface area contributed by atoms with E-state index in [1.807, 2.05) is 31.3 Å². The minimum atomic E-state index is 0. The Morgan fingerprint density at radius 2 is 1.85 bits per heavy atom. The van der Waals surface area contributed by atoms with Crippen LogP contribution in [0.4, 0.5) is 0 Å². The average molecular weight is 514 g/mol. The second-order valence-electron chi connectivity index (χ2n) is 5.77. The van der Waals surface area contributed by atoms with Crippen LogP contribution in [0.5, 0.6) is 5.75 Å². The number of nitrogens with zero attached hydrogens (tertiary/aromatic N) is 2. The summed E-state index contributed by atoms with van der Waals surface area (Å²) < 4.78 is 16.1. The number of unbranched alkanes of at least 4 members (excludes halogenated alkanes) is 1. The molecule has 0 saturated heterocycles. The van der Waals surface area contributed by atoms with Crippen LogP contribution < -0.4 is 10.1 Å². The number of rotatable bonds is 13. The molecule has 6 nitrogen and oxygen atoms in total. The highest BCUT2D eigenvalue weighted by Crippen LogP contribution is 2.15. The van der Waals surface area contributed by atoms with Crippen molar-refractivity contribution >= 4 is 41.5 Å². The summed E-state index contributed by atoms with van der Waals surface area (Å²) in [5, 5.41) is 4.02. The zero-order valence-corrected chi connectivity index (χ0v) is 19.7. The Labute approximate surface area is 185 Å². The van der Waals surface area contributed by atoms with Gasteiger partial charge in [-0.1, -0.05) is 11.6 Å². The van der Waals surface area contributed by atoms with E-state index in [0.717, 1.165) is 50.8 Å². The van der Waals surface area contributed by atoms with E-state index < -0.39 is 0 Å². The highest BCUT2D eigenvalue weighted by Gasteiger charge is 2.05. The van der Waals surface area contributed by atoms with Crippen molar-refractivity contribution in [1.82, 2.24) is 10.2 Å². The first-order chi connectivity index (χ1) is 12.7. The quantitative estimate of drug-likeness (QED) is 0.189. The molecule has 0 amide bonds. The lowest BCUT2D eigenvalue weighted by Gasteiger charge is -2.22. The average Bonchev–Trinajstić information content (AvgIpc) is 2.64. The van der Waals surface area contributed by atoms with Crippen LogP contribution in [0.15, 0.2) is 29.3 Å². The first kappa shape index (κ1) is 26.2. The van der Waals surface area contributed by atoms with Crippen molar-refractivity contribution < 1.29 is 14.2 Å². The highest BCUT2D eigenvalue weighted by atomic mass is 127. The zero-order valence-electron chi connectivity index (χ0n) is 16.6. The van der Waals surface area contributed by atoms with Crippen LogP contribution in [0.25, 0.3) is 0 Å². The molecule has 0 heterocycles. The summed E-state index contributed by atoms with van der Waals surface area (Å²) >= 11 is 5.87. The fourth-order valence-corrected chi connectivity index (χ4v) is 2.28. The molecule has 0 atom stereocenters. The topological polar surface area (TPSA) is 55.3 Å².